The first kappa shape index (κ1) is 15.3. The van der Waals surface area contributed by atoms with Crippen molar-refractivity contribution in [2.45, 2.75) is 12.8 Å². The number of likely N-dealkylation sites (N-methyl/N-ethyl adjacent to an activating group) is 1. The molecule has 21 heavy (non-hydrogen) atoms. The predicted molar refractivity (Wildman–Crippen MR) is 77.4 cm³/mol. The molecule has 2 N–H and O–H groups in total. The van der Waals surface area contributed by atoms with E-state index in [-0.39, 0.29) is 36.3 Å². The molecule has 1 fully saturated rings. The number of Topliss-reactive ketones (excluding diaryl/α,β-unsaturated/α-hetero) is 1. The highest BCUT2D eigenvalue weighted by atomic mass is 16.3. The van der Waals surface area contributed by atoms with Gasteiger partial charge in [-0.1, -0.05) is 0 Å². The first-order valence-corrected chi connectivity index (χ1v) is 6.99. The molecule has 0 bridgehead atoms. The molecule has 0 atom stereocenters. The van der Waals surface area contributed by atoms with Gasteiger partial charge in [0.1, 0.15) is 0 Å². The molecule has 1 amide bonds. The highest BCUT2D eigenvalue weighted by molar-refractivity contribution is 5.98. The number of phenols is 2. The van der Waals surface area contributed by atoms with Crippen LogP contribution in [0.25, 0.3) is 0 Å². The van der Waals surface area contributed by atoms with Crippen molar-refractivity contribution in [1.82, 2.24) is 9.80 Å². The standard InChI is InChI=1S/C15H20N2O4/c1-16(10-15(21)17-6-2-3-7-17)9-14(20)11-4-5-12(18)13(19)8-11/h4-5,8,18-19H,2-3,6-7,9-10H2,1H3. The van der Waals surface area contributed by atoms with E-state index in [1.54, 1.807) is 11.9 Å². The van der Waals surface area contributed by atoms with Gasteiger partial charge in [0.2, 0.25) is 5.91 Å². The number of hydrogen-bond acceptors (Lipinski definition) is 5. The average Bonchev–Trinajstić information content (AvgIpc) is 2.95. The molecule has 1 aliphatic heterocycles. The van der Waals surface area contributed by atoms with Crippen LogP contribution in [0.4, 0.5) is 0 Å². The minimum absolute atomic E-state index is 0.0383. The molecule has 6 nitrogen and oxygen atoms in total. The molecule has 1 aromatic carbocycles. The minimum atomic E-state index is -0.323. The lowest BCUT2D eigenvalue weighted by molar-refractivity contribution is -0.130. The summed E-state index contributed by atoms with van der Waals surface area (Å²) in [5, 5.41) is 18.6. The summed E-state index contributed by atoms with van der Waals surface area (Å²) in [4.78, 5) is 27.5. The first-order chi connectivity index (χ1) is 9.97. The fraction of sp³-hybridized carbons (Fsp3) is 0.467. The summed E-state index contributed by atoms with van der Waals surface area (Å²) in [6, 6.07) is 3.96. The van der Waals surface area contributed by atoms with Gasteiger partial charge in [-0.2, -0.15) is 0 Å². The highest BCUT2D eigenvalue weighted by Gasteiger charge is 2.20. The van der Waals surface area contributed by atoms with Gasteiger partial charge in [-0.3, -0.25) is 14.5 Å². The largest absolute Gasteiger partial charge is 0.504 e. The molecular formula is C15H20N2O4. The molecule has 0 radical (unpaired) electrons. The molecule has 0 unspecified atom stereocenters. The molecule has 2 rings (SSSR count). The fourth-order valence-electron chi connectivity index (χ4n) is 2.39. The van der Waals surface area contributed by atoms with Crippen LogP contribution in [0.3, 0.4) is 0 Å². The van der Waals surface area contributed by atoms with Crippen LogP contribution < -0.4 is 0 Å². The second kappa shape index (κ2) is 6.58. The van der Waals surface area contributed by atoms with Gasteiger partial charge in [-0.25, -0.2) is 0 Å². The number of carbonyl (C=O) groups excluding carboxylic acids is 2. The van der Waals surface area contributed by atoms with E-state index in [1.165, 1.54) is 18.2 Å². The van der Waals surface area contributed by atoms with Crippen molar-refractivity contribution in [3.8, 4) is 11.5 Å². The molecule has 1 saturated heterocycles. The molecule has 114 valence electrons. The Labute approximate surface area is 123 Å². The molecular weight excluding hydrogens is 272 g/mol. The summed E-state index contributed by atoms with van der Waals surface area (Å²) in [5.41, 5.74) is 0.311. The lowest BCUT2D eigenvalue weighted by atomic mass is 10.1. The zero-order valence-electron chi connectivity index (χ0n) is 12.1. The maximum atomic E-state index is 12.1. The molecule has 1 aliphatic rings. The van der Waals surface area contributed by atoms with Crippen LogP contribution >= 0.6 is 0 Å². The van der Waals surface area contributed by atoms with E-state index in [1.807, 2.05) is 4.90 Å². The van der Waals surface area contributed by atoms with Gasteiger partial charge in [-0.15, -0.1) is 0 Å². The van der Waals surface area contributed by atoms with E-state index < -0.39 is 0 Å². The van der Waals surface area contributed by atoms with Crippen LogP contribution in [0.15, 0.2) is 18.2 Å². The maximum absolute atomic E-state index is 12.1. The van der Waals surface area contributed by atoms with Gasteiger partial charge in [0.05, 0.1) is 13.1 Å². The van der Waals surface area contributed by atoms with Gasteiger partial charge >= 0.3 is 0 Å². The van der Waals surface area contributed by atoms with Crippen LogP contribution in [0.1, 0.15) is 23.2 Å². The van der Waals surface area contributed by atoms with Crippen molar-refractivity contribution in [2.75, 3.05) is 33.2 Å². The number of phenolic OH excluding ortho intramolecular Hbond substituents is 2. The van der Waals surface area contributed by atoms with Crippen molar-refractivity contribution in [3.05, 3.63) is 23.8 Å². The SMILES string of the molecule is CN(CC(=O)c1ccc(O)c(O)c1)CC(=O)N1CCCC1. The summed E-state index contributed by atoms with van der Waals surface area (Å²) >= 11 is 0. The van der Waals surface area contributed by atoms with Gasteiger partial charge in [0, 0.05) is 18.7 Å². The van der Waals surface area contributed by atoms with E-state index in [4.69, 9.17) is 0 Å². The van der Waals surface area contributed by atoms with Gasteiger partial charge < -0.3 is 15.1 Å². The maximum Gasteiger partial charge on any atom is 0.236 e. The average molecular weight is 292 g/mol. The Bertz CT molecular complexity index is 538. The van der Waals surface area contributed by atoms with E-state index >= 15 is 0 Å². The van der Waals surface area contributed by atoms with Crippen molar-refractivity contribution in [2.24, 2.45) is 0 Å². The Balaban J connectivity index is 1.89. The summed E-state index contributed by atoms with van der Waals surface area (Å²) in [5.74, 6) is -0.751. The summed E-state index contributed by atoms with van der Waals surface area (Å²) in [7, 11) is 1.71. The Morgan fingerprint density at radius 3 is 2.43 bits per heavy atom. The van der Waals surface area contributed by atoms with Crippen LogP contribution in [-0.4, -0.2) is 64.9 Å². The second-order valence-electron chi connectivity index (χ2n) is 5.39. The Morgan fingerprint density at radius 1 is 1.14 bits per heavy atom. The number of rotatable bonds is 5. The number of aromatic hydroxyl groups is 2. The number of hydrogen-bond donors (Lipinski definition) is 2. The topological polar surface area (TPSA) is 81.1 Å². The van der Waals surface area contributed by atoms with E-state index in [9.17, 15) is 19.8 Å². The van der Waals surface area contributed by atoms with Crippen molar-refractivity contribution < 1.29 is 19.8 Å². The zero-order valence-corrected chi connectivity index (χ0v) is 12.1. The third-order valence-corrected chi connectivity index (χ3v) is 3.57. The molecule has 0 spiro atoms. The lowest BCUT2D eigenvalue weighted by Gasteiger charge is -2.20. The monoisotopic (exact) mass is 292 g/mol. The zero-order chi connectivity index (χ0) is 15.4. The Morgan fingerprint density at radius 2 is 1.81 bits per heavy atom. The van der Waals surface area contributed by atoms with Crippen molar-refractivity contribution in [1.29, 1.82) is 0 Å². The molecule has 0 aromatic heterocycles. The van der Waals surface area contributed by atoms with Crippen molar-refractivity contribution in [3.63, 3.8) is 0 Å². The Hall–Kier alpha value is -2.08. The quantitative estimate of drug-likeness (QED) is 0.621. The number of ketones is 1. The van der Waals surface area contributed by atoms with Crippen LogP contribution in [0.5, 0.6) is 11.5 Å². The summed E-state index contributed by atoms with van der Waals surface area (Å²) in [6.45, 7) is 1.89. The number of benzene rings is 1. The normalized spacial score (nSPS) is 14.7. The third-order valence-electron chi connectivity index (χ3n) is 3.57. The van der Waals surface area contributed by atoms with Crippen LogP contribution in [-0.2, 0) is 4.79 Å². The number of likely N-dealkylation sites (tertiary alicyclic amines) is 1. The van der Waals surface area contributed by atoms with E-state index in [0.717, 1.165) is 25.9 Å². The molecule has 0 aliphatic carbocycles. The number of nitrogens with zero attached hydrogens (tertiary/aromatic N) is 2. The van der Waals surface area contributed by atoms with E-state index in [2.05, 4.69) is 0 Å². The number of amides is 1. The van der Waals surface area contributed by atoms with Gasteiger partial charge in [0.25, 0.3) is 0 Å². The molecule has 1 heterocycles. The van der Waals surface area contributed by atoms with Gasteiger partial charge in [0.15, 0.2) is 17.3 Å². The second-order valence-corrected chi connectivity index (χ2v) is 5.39. The predicted octanol–water partition coefficient (Wildman–Crippen LogP) is 0.835. The number of carbonyl (C=O) groups is 2. The van der Waals surface area contributed by atoms with Crippen LogP contribution in [0, 0.1) is 0 Å². The van der Waals surface area contributed by atoms with Crippen LogP contribution in [0.2, 0.25) is 0 Å². The van der Waals surface area contributed by atoms with Crippen molar-refractivity contribution >= 4 is 11.7 Å². The Kier molecular flexibility index (Phi) is 4.80. The summed E-state index contributed by atoms with van der Waals surface area (Å²) < 4.78 is 0. The fourth-order valence-corrected chi connectivity index (χ4v) is 2.39. The smallest absolute Gasteiger partial charge is 0.236 e. The lowest BCUT2D eigenvalue weighted by Crippen LogP contribution is -2.39. The first-order valence-electron chi connectivity index (χ1n) is 6.99. The molecule has 6 heteroatoms. The minimum Gasteiger partial charge on any atom is -0.504 e. The third kappa shape index (κ3) is 3.95. The molecule has 1 aromatic rings. The highest BCUT2D eigenvalue weighted by Crippen LogP contribution is 2.25. The van der Waals surface area contributed by atoms with E-state index in [0.29, 0.717) is 5.56 Å². The molecule has 0 saturated carbocycles. The van der Waals surface area contributed by atoms with Gasteiger partial charge in [-0.05, 0) is 38.1 Å². The summed E-state index contributed by atoms with van der Waals surface area (Å²) in [6.07, 6.45) is 2.09.